The molecule has 0 spiro atoms. The van der Waals surface area contributed by atoms with E-state index in [-0.39, 0.29) is 39.4 Å². The van der Waals surface area contributed by atoms with Crippen LogP contribution in [0.15, 0.2) is 52.9 Å². The number of hydrogen-bond acceptors (Lipinski definition) is 5. The molecule has 0 saturated carbocycles. The minimum absolute atomic E-state index is 0.0266. The van der Waals surface area contributed by atoms with Crippen LogP contribution in [0.25, 0.3) is 33.6 Å². The van der Waals surface area contributed by atoms with Gasteiger partial charge in [-0.05, 0) is 54.1 Å². The topological polar surface area (TPSA) is 104 Å². The molecule has 0 bridgehead atoms. The van der Waals surface area contributed by atoms with Crippen molar-refractivity contribution >= 4 is 28.8 Å². The summed E-state index contributed by atoms with van der Waals surface area (Å²) in [5, 5.41) is 13.9. The second kappa shape index (κ2) is 9.29. The van der Waals surface area contributed by atoms with E-state index in [1.54, 1.807) is 0 Å². The number of nitrogens with zero attached hydrogens (tertiary/aromatic N) is 1. The Balaban J connectivity index is 2.01. The summed E-state index contributed by atoms with van der Waals surface area (Å²) in [7, 11) is 1.34. The minimum atomic E-state index is -4.64. The maximum absolute atomic E-state index is 14.2. The Morgan fingerprint density at radius 2 is 1.69 bits per heavy atom. The zero-order chi connectivity index (χ0) is 26.2. The summed E-state index contributed by atoms with van der Waals surface area (Å²) in [6.07, 6.45) is -4.64. The summed E-state index contributed by atoms with van der Waals surface area (Å²) in [6.45, 7) is -1.51. The van der Waals surface area contributed by atoms with E-state index >= 15 is 0 Å². The molecule has 0 aliphatic heterocycles. The third-order valence-electron chi connectivity index (χ3n) is 5.16. The van der Waals surface area contributed by atoms with Crippen molar-refractivity contribution in [1.29, 1.82) is 0 Å². The lowest BCUT2D eigenvalue weighted by molar-refractivity contribution is -0.115. The number of rotatable bonds is 6. The summed E-state index contributed by atoms with van der Waals surface area (Å²) in [5.74, 6) is -4.00. The first-order valence-corrected chi connectivity index (χ1v) is 10.3. The summed E-state index contributed by atoms with van der Waals surface area (Å²) < 4.78 is 72.3. The largest absolute Gasteiger partial charge is 0.478 e. The first kappa shape index (κ1) is 24.6. The molecule has 1 amide bonds. The molecule has 2 aromatic heterocycles. The van der Waals surface area contributed by atoms with Crippen LogP contribution >= 0.6 is 0 Å². The number of aromatic carboxylic acids is 1. The molecule has 0 aliphatic rings. The van der Waals surface area contributed by atoms with Gasteiger partial charge < -0.3 is 20.2 Å². The van der Waals surface area contributed by atoms with Gasteiger partial charge in [-0.1, -0.05) is 0 Å². The molecule has 0 saturated heterocycles. The van der Waals surface area contributed by atoms with E-state index in [4.69, 9.17) is 4.42 Å². The van der Waals surface area contributed by atoms with E-state index in [1.165, 1.54) is 25.2 Å². The molecule has 0 atom stereocenters. The fourth-order valence-electron chi connectivity index (χ4n) is 3.59. The highest BCUT2D eigenvalue weighted by Crippen LogP contribution is 2.38. The Hall–Kier alpha value is -4.48. The van der Waals surface area contributed by atoms with Gasteiger partial charge in [-0.3, -0.25) is 4.79 Å². The molecule has 12 heteroatoms. The molecular formula is C24H16F5N3O4. The number of aromatic nitrogens is 1. The van der Waals surface area contributed by atoms with Crippen molar-refractivity contribution in [2.75, 3.05) is 18.9 Å². The van der Waals surface area contributed by atoms with Crippen LogP contribution < -0.4 is 10.6 Å². The van der Waals surface area contributed by atoms with Crippen molar-refractivity contribution in [3.05, 3.63) is 71.3 Å². The first-order valence-electron chi connectivity index (χ1n) is 10.3. The van der Waals surface area contributed by atoms with Gasteiger partial charge in [0.25, 0.3) is 5.91 Å². The van der Waals surface area contributed by atoms with E-state index in [1.807, 2.05) is 0 Å². The smallest absolute Gasteiger partial charge is 0.405 e. The van der Waals surface area contributed by atoms with Crippen LogP contribution in [-0.4, -0.2) is 41.7 Å². The van der Waals surface area contributed by atoms with E-state index in [9.17, 15) is 36.6 Å². The van der Waals surface area contributed by atoms with Crippen LogP contribution in [0, 0.1) is 11.6 Å². The van der Waals surface area contributed by atoms with Gasteiger partial charge in [0.15, 0.2) is 0 Å². The lowest BCUT2D eigenvalue weighted by Crippen LogP contribution is -2.22. The molecule has 2 aromatic carbocycles. The van der Waals surface area contributed by atoms with E-state index < -0.39 is 41.8 Å². The summed E-state index contributed by atoms with van der Waals surface area (Å²) in [4.78, 5) is 28.3. The molecule has 186 valence electrons. The van der Waals surface area contributed by atoms with Gasteiger partial charge in [-0.2, -0.15) is 18.2 Å². The molecule has 0 radical (unpaired) electrons. The summed E-state index contributed by atoms with van der Waals surface area (Å²) >= 11 is 0. The molecule has 2 heterocycles. The lowest BCUT2D eigenvalue weighted by atomic mass is 10.00. The number of furan rings is 1. The quantitative estimate of drug-likeness (QED) is 0.300. The van der Waals surface area contributed by atoms with Crippen molar-refractivity contribution in [2.45, 2.75) is 6.18 Å². The number of nitrogens with one attached hydrogen (secondary N) is 2. The normalized spacial score (nSPS) is 11.5. The van der Waals surface area contributed by atoms with Gasteiger partial charge in [0, 0.05) is 18.2 Å². The highest BCUT2D eigenvalue weighted by Gasteiger charge is 2.29. The summed E-state index contributed by atoms with van der Waals surface area (Å²) in [5.41, 5.74) is -0.638. The number of carbonyl (C=O) groups excluding carboxylic acids is 1. The second-order valence-electron chi connectivity index (χ2n) is 7.63. The predicted molar refractivity (Wildman–Crippen MR) is 120 cm³/mol. The molecule has 0 aliphatic carbocycles. The number of carboxylic acids is 1. The maximum Gasteiger partial charge on any atom is 0.405 e. The van der Waals surface area contributed by atoms with Crippen LogP contribution in [0.5, 0.6) is 0 Å². The van der Waals surface area contributed by atoms with Gasteiger partial charge in [0.05, 0.1) is 16.5 Å². The van der Waals surface area contributed by atoms with E-state index in [0.717, 1.165) is 30.3 Å². The van der Waals surface area contributed by atoms with Gasteiger partial charge >= 0.3 is 12.1 Å². The van der Waals surface area contributed by atoms with Crippen LogP contribution in [0.4, 0.5) is 27.8 Å². The number of carboxylic acid groups (broad SMARTS) is 1. The highest BCUT2D eigenvalue weighted by atomic mass is 19.4. The van der Waals surface area contributed by atoms with Crippen molar-refractivity contribution in [1.82, 2.24) is 10.3 Å². The number of alkyl halides is 3. The molecule has 36 heavy (non-hydrogen) atoms. The Morgan fingerprint density at radius 3 is 2.31 bits per heavy atom. The molecule has 0 fully saturated rings. The van der Waals surface area contributed by atoms with Gasteiger partial charge in [0.2, 0.25) is 5.71 Å². The number of pyridine rings is 1. The SMILES string of the molecule is CNC(=O)c1c(-c2ccc(F)cc2)oc2nc(NCC(F)(F)F)c(-c3cc(F)cc(C(=O)O)c3)cc12. The predicted octanol–water partition coefficient (Wildman–Crippen LogP) is 5.47. The Bertz CT molecular complexity index is 1480. The Labute approximate surface area is 199 Å². The van der Waals surface area contributed by atoms with Crippen molar-refractivity contribution < 1.29 is 41.1 Å². The molecule has 0 unspecified atom stereocenters. The number of carbonyl (C=O) groups is 2. The van der Waals surface area contributed by atoms with Crippen molar-refractivity contribution in [3.63, 3.8) is 0 Å². The van der Waals surface area contributed by atoms with Gasteiger partial charge in [-0.15, -0.1) is 0 Å². The maximum atomic E-state index is 14.2. The number of anilines is 1. The molecule has 3 N–H and O–H groups in total. The fourth-order valence-corrected chi connectivity index (χ4v) is 3.59. The number of amides is 1. The fraction of sp³-hybridized carbons (Fsp3) is 0.125. The summed E-state index contributed by atoms with van der Waals surface area (Å²) in [6, 6.07) is 8.94. The van der Waals surface area contributed by atoms with E-state index in [0.29, 0.717) is 5.56 Å². The molecule has 7 nitrogen and oxygen atoms in total. The average molecular weight is 505 g/mol. The monoisotopic (exact) mass is 505 g/mol. The standard InChI is InChI=1S/C24H16F5N3O4/c1-30-21(33)18-17-9-16(12-6-13(23(34)35)8-15(26)7-12)20(31-10-24(27,28)29)32-22(17)36-19(18)11-2-4-14(25)5-3-11/h2-9H,10H2,1H3,(H,30,33)(H,31,32)(H,34,35). The first-order chi connectivity index (χ1) is 17.0. The molecular weight excluding hydrogens is 489 g/mol. The van der Waals surface area contributed by atoms with Crippen LogP contribution in [0.2, 0.25) is 0 Å². The second-order valence-corrected chi connectivity index (χ2v) is 7.63. The molecule has 4 rings (SSSR count). The minimum Gasteiger partial charge on any atom is -0.478 e. The van der Waals surface area contributed by atoms with Gasteiger partial charge in [0.1, 0.15) is 29.8 Å². The Morgan fingerprint density at radius 1 is 1.00 bits per heavy atom. The van der Waals surface area contributed by atoms with Crippen LogP contribution in [0.1, 0.15) is 20.7 Å². The van der Waals surface area contributed by atoms with Crippen LogP contribution in [0.3, 0.4) is 0 Å². The van der Waals surface area contributed by atoms with Crippen molar-refractivity contribution in [2.24, 2.45) is 0 Å². The lowest BCUT2D eigenvalue weighted by Gasteiger charge is -2.14. The van der Waals surface area contributed by atoms with Gasteiger partial charge in [-0.25, -0.2) is 13.6 Å². The Kier molecular flexibility index (Phi) is 6.35. The number of fused-ring (bicyclic) bond motifs is 1. The third-order valence-corrected chi connectivity index (χ3v) is 5.16. The average Bonchev–Trinajstić information content (AvgIpc) is 3.19. The highest BCUT2D eigenvalue weighted by molar-refractivity contribution is 6.11. The van der Waals surface area contributed by atoms with E-state index in [2.05, 4.69) is 15.6 Å². The third kappa shape index (κ3) is 4.97. The van der Waals surface area contributed by atoms with Crippen molar-refractivity contribution in [3.8, 4) is 22.5 Å². The number of benzene rings is 2. The zero-order valence-corrected chi connectivity index (χ0v) is 18.3. The zero-order valence-electron chi connectivity index (χ0n) is 18.3. The van der Waals surface area contributed by atoms with Crippen LogP contribution in [-0.2, 0) is 0 Å². The molecule has 4 aromatic rings. The number of halogens is 5. The number of hydrogen-bond donors (Lipinski definition) is 3.